The third-order valence-electron chi connectivity index (χ3n) is 5.20. The van der Waals surface area contributed by atoms with Gasteiger partial charge < -0.3 is 15.4 Å². The van der Waals surface area contributed by atoms with E-state index in [9.17, 15) is 14.4 Å². The molecule has 0 aliphatic carbocycles. The summed E-state index contributed by atoms with van der Waals surface area (Å²) in [5.74, 6) is -0.642. The molecular formula is C23H27N3O4. The van der Waals surface area contributed by atoms with Crippen LogP contribution in [0.2, 0.25) is 0 Å². The number of rotatable bonds is 5. The van der Waals surface area contributed by atoms with Gasteiger partial charge in [0.15, 0.2) is 0 Å². The van der Waals surface area contributed by atoms with Gasteiger partial charge in [0.05, 0.1) is 13.0 Å². The molecule has 3 rings (SSSR count). The Hall–Kier alpha value is -3.35. The zero-order chi connectivity index (χ0) is 21.7. The van der Waals surface area contributed by atoms with Crippen molar-refractivity contribution in [2.45, 2.75) is 26.7 Å². The Morgan fingerprint density at radius 1 is 1.23 bits per heavy atom. The number of imide groups is 1. The number of carbonyl (C=O) groups is 3. The van der Waals surface area contributed by atoms with Gasteiger partial charge in [0.1, 0.15) is 12.3 Å². The van der Waals surface area contributed by atoms with Gasteiger partial charge in [0, 0.05) is 12.2 Å². The van der Waals surface area contributed by atoms with E-state index >= 15 is 0 Å². The molecule has 0 spiro atoms. The van der Waals surface area contributed by atoms with Crippen molar-refractivity contribution in [2.75, 3.05) is 25.5 Å². The summed E-state index contributed by atoms with van der Waals surface area (Å²) in [4.78, 5) is 39.2. The fourth-order valence-electron chi connectivity index (χ4n) is 3.55. The molecular weight excluding hydrogens is 382 g/mol. The second-order valence-electron chi connectivity index (χ2n) is 7.43. The van der Waals surface area contributed by atoms with E-state index < -0.39 is 11.9 Å². The average Bonchev–Trinajstić information content (AvgIpc) is 2.87. The molecule has 7 nitrogen and oxygen atoms in total. The van der Waals surface area contributed by atoms with E-state index in [4.69, 9.17) is 4.74 Å². The number of methoxy groups -OCH3 is 1. The molecule has 1 unspecified atom stereocenters. The molecule has 1 saturated heterocycles. The molecule has 1 aliphatic heterocycles. The van der Waals surface area contributed by atoms with E-state index in [0.717, 1.165) is 28.0 Å². The highest BCUT2D eigenvalue weighted by Crippen LogP contribution is 2.24. The highest BCUT2D eigenvalue weighted by Gasteiger charge is 2.34. The van der Waals surface area contributed by atoms with Crippen molar-refractivity contribution in [2.24, 2.45) is 5.92 Å². The predicted molar refractivity (Wildman–Crippen MR) is 114 cm³/mol. The molecule has 1 aliphatic rings. The second kappa shape index (κ2) is 9.43. The monoisotopic (exact) mass is 409 g/mol. The van der Waals surface area contributed by atoms with Crippen LogP contribution < -0.4 is 15.4 Å². The van der Waals surface area contributed by atoms with Gasteiger partial charge in [-0.25, -0.2) is 4.79 Å². The smallest absolute Gasteiger partial charge is 0.329 e. The Morgan fingerprint density at radius 3 is 2.77 bits per heavy atom. The number of nitrogens with one attached hydrogen (secondary N) is 2. The highest BCUT2D eigenvalue weighted by atomic mass is 16.5. The van der Waals surface area contributed by atoms with Crippen molar-refractivity contribution in [3.8, 4) is 5.75 Å². The van der Waals surface area contributed by atoms with E-state index in [1.54, 1.807) is 13.2 Å². The molecule has 7 heteroatoms. The number of urea groups is 1. The van der Waals surface area contributed by atoms with Crippen LogP contribution in [-0.2, 0) is 22.4 Å². The molecule has 0 bridgehead atoms. The zero-order valence-corrected chi connectivity index (χ0v) is 17.5. The van der Waals surface area contributed by atoms with Crippen LogP contribution >= 0.6 is 0 Å². The number of amides is 4. The molecule has 1 fully saturated rings. The van der Waals surface area contributed by atoms with E-state index in [1.165, 1.54) is 0 Å². The van der Waals surface area contributed by atoms with Gasteiger partial charge in [0.25, 0.3) is 0 Å². The standard InChI is InChI=1S/C23H27N3O4/c1-4-16-6-5-7-19(11-16)25-23(29)26-14-21(27)24-13-18(22(26)28)12-17-10-15(2)8-9-20(17)30-3/h5-11,18H,4,12-14H2,1-3H3,(H,24,27)(H,25,29). The Labute approximate surface area is 176 Å². The number of nitrogens with zero attached hydrogens (tertiary/aromatic N) is 1. The minimum Gasteiger partial charge on any atom is -0.496 e. The average molecular weight is 409 g/mol. The van der Waals surface area contributed by atoms with E-state index in [1.807, 2.05) is 50.2 Å². The maximum atomic E-state index is 13.2. The number of carbonyl (C=O) groups excluding carboxylic acids is 3. The minimum absolute atomic E-state index is 0.170. The fraction of sp³-hybridized carbons (Fsp3) is 0.348. The summed E-state index contributed by atoms with van der Waals surface area (Å²) >= 11 is 0. The summed E-state index contributed by atoms with van der Waals surface area (Å²) in [7, 11) is 1.58. The first-order valence-corrected chi connectivity index (χ1v) is 10.0. The lowest BCUT2D eigenvalue weighted by atomic mass is 9.96. The number of hydrogen-bond donors (Lipinski definition) is 2. The summed E-state index contributed by atoms with van der Waals surface area (Å²) in [6, 6.07) is 12.6. The molecule has 1 heterocycles. The SMILES string of the molecule is CCc1cccc(NC(=O)N2CC(=O)NCC(Cc3cc(C)ccc3OC)C2=O)c1. The second-order valence-corrected chi connectivity index (χ2v) is 7.43. The van der Waals surface area contributed by atoms with Gasteiger partial charge in [-0.3, -0.25) is 14.5 Å². The van der Waals surface area contributed by atoms with Crippen LogP contribution in [-0.4, -0.2) is 42.9 Å². The van der Waals surface area contributed by atoms with E-state index in [2.05, 4.69) is 10.6 Å². The molecule has 2 N–H and O–H groups in total. The highest BCUT2D eigenvalue weighted by molar-refractivity contribution is 6.05. The molecule has 4 amide bonds. The Morgan fingerprint density at radius 2 is 2.03 bits per heavy atom. The molecule has 30 heavy (non-hydrogen) atoms. The van der Waals surface area contributed by atoms with Crippen molar-refractivity contribution in [1.29, 1.82) is 0 Å². The number of hydrogen-bond acceptors (Lipinski definition) is 4. The first kappa shape index (κ1) is 21.4. The first-order valence-electron chi connectivity index (χ1n) is 10.0. The van der Waals surface area contributed by atoms with Crippen molar-refractivity contribution < 1.29 is 19.1 Å². The quantitative estimate of drug-likeness (QED) is 0.795. The molecule has 0 saturated carbocycles. The van der Waals surface area contributed by atoms with Gasteiger partial charge in [-0.1, -0.05) is 36.8 Å². The topological polar surface area (TPSA) is 87.7 Å². The van der Waals surface area contributed by atoms with Crippen LogP contribution in [0.4, 0.5) is 10.5 Å². The zero-order valence-electron chi connectivity index (χ0n) is 17.5. The largest absolute Gasteiger partial charge is 0.496 e. The van der Waals surface area contributed by atoms with Crippen LogP contribution in [0.1, 0.15) is 23.6 Å². The number of benzene rings is 2. The summed E-state index contributed by atoms with van der Waals surface area (Å²) in [6.07, 6.45) is 1.19. The van der Waals surface area contributed by atoms with Gasteiger partial charge in [-0.05, 0) is 49.1 Å². The summed E-state index contributed by atoms with van der Waals surface area (Å²) in [5, 5.41) is 5.48. The lowest BCUT2D eigenvalue weighted by molar-refractivity contribution is -0.133. The lowest BCUT2D eigenvalue weighted by Crippen LogP contribution is -2.44. The molecule has 0 radical (unpaired) electrons. The number of anilines is 1. The normalized spacial score (nSPS) is 16.6. The molecule has 2 aromatic carbocycles. The first-order chi connectivity index (χ1) is 14.4. The van der Waals surface area contributed by atoms with Crippen LogP contribution in [0.15, 0.2) is 42.5 Å². The summed E-state index contributed by atoms with van der Waals surface area (Å²) < 4.78 is 5.41. The molecule has 0 aromatic heterocycles. The number of aryl methyl sites for hydroxylation is 2. The van der Waals surface area contributed by atoms with Crippen LogP contribution in [0, 0.1) is 12.8 Å². The van der Waals surface area contributed by atoms with Crippen molar-refractivity contribution in [3.63, 3.8) is 0 Å². The predicted octanol–water partition coefficient (Wildman–Crippen LogP) is 2.92. The molecule has 2 aromatic rings. The van der Waals surface area contributed by atoms with Crippen molar-refractivity contribution in [1.82, 2.24) is 10.2 Å². The van der Waals surface area contributed by atoms with E-state index in [-0.39, 0.29) is 24.9 Å². The maximum Gasteiger partial charge on any atom is 0.329 e. The molecule has 1 atom stereocenters. The fourth-order valence-corrected chi connectivity index (χ4v) is 3.55. The molecule has 158 valence electrons. The maximum absolute atomic E-state index is 13.2. The lowest BCUT2D eigenvalue weighted by Gasteiger charge is -2.22. The Bertz CT molecular complexity index is 957. The van der Waals surface area contributed by atoms with Crippen molar-refractivity contribution in [3.05, 3.63) is 59.2 Å². The Balaban J connectivity index is 1.80. The van der Waals surface area contributed by atoms with Crippen LogP contribution in [0.3, 0.4) is 0 Å². The van der Waals surface area contributed by atoms with Gasteiger partial charge >= 0.3 is 6.03 Å². The third-order valence-corrected chi connectivity index (χ3v) is 5.20. The summed E-state index contributed by atoms with van der Waals surface area (Å²) in [5.41, 5.74) is 3.56. The number of ether oxygens (including phenoxy) is 1. The van der Waals surface area contributed by atoms with Crippen LogP contribution in [0.25, 0.3) is 0 Å². The Kier molecular flexibility index (Phi) is 6.72. The van der Waals surface area contributed by atoms with Gasteiger partial charge in [-0.15, -0.1) is 0 Å². The summed E-state index contributed by atoms with van der Waals surface area (Å²) in [6.45, 7) is 3.85. The minimum atomic E-state index is -0.605. The van der Waals surface area contributed by atoms with Crippen LogP contribution in [0.5, 0.6) is 5.75 Å². The van der Waals surface area contributed by atoms with Gasteiger partial charge in [-0.2, -0.15) is 0 Å². The van der Waals surface area contributed by atoms with E-state index in [0.29, 0.717) is 17.9 Å². The van der Waals surface area contributed by atoms with Crippen molar-refractivity contribution >= 4 is 23.5 Å². The van der Waals surface area contributed by atoms with Gasteiger partial charge in [0.2, 0.25) is 11.8 Å². The third kappa shape index (κ3) is 4.97.